The molecule has 0 saturated carbocycles. The molecule has 2 aromatic rings. The summed E-state index contributed by atoms with van der Waals surface area (Å²) in [6.07, 6.45) is 2.70. The average molecular weight is 398 g/mol. The maximum Gasteiger partial charge on any atom is 0.241 e. The molecule has 0 bridgehead atoms. The van der Waals surface area contributed by atoms with Crippen LogP contribution in [0.4, 0.5) is 5.69 Å². The molecule has 8 heteroatoms. The Hall–Kier alpha value is -1.93. The van der Waals surface area contributed by atoms with Crippen molar-refractivity contribution in [1.82, 2.24) is 10.3 Å². The summed E-state index contributed by atoms with van der Waals surface area (Å²) in [7, 11) is -3.59. The number of rotatable bonds is 6. The Balaban J connectivity index is 2.10. The standard InChI is InChI=1S/C15H16BrN3O3S/c1-23(21,22)19(14-8-3-2-7-13(14)16)11-15(20)18-10-12-6-4-5-9-17-12/h2-9H,10-11H2,1H3,(H,18,20). The fraction of sp³-hybridized carbons (Fsp3) is 0.200. The van der Waals surface area contributed by atoms with Crippen LogP contribution in [0, 0.1) is 0 Å². The van der Waals surface area contributed by atoms with Gasteiger partial charge in [-0.3, -0.25) is 14.1 Å². The summed E-state index contributed by atoms with van der Waals surface area (Å²) in [5.74, 6) is -0.406. The van der Waals surface area contributed by atoms with Crippen molar-refractivity contribution in [2.24, 2.45) is 0 Å². The highest BCUT2D eigenvalue weighted by Crippen LogP contribution is 2.27. The molecule has 0 aliphatic carbocycles. The number of hydrogen-bond donors (Lipinski definition) is 1. The van der Waals surface area contributed by atoms with E-state index < -0.39 is 15.9 Å². The lowest BCUT2D eigenvalue weighted by molar-refractivity contribution is -0.119. The molecule has 0 atom stereocenters. The number of sulfonamides is 1. The fourth-order valence-electron chi connectivity index (χ4n) is 1.91. The number of amides is 1. The van der Waals surface area contributed by atoms with E-state index in [-0.39, 0.29) is 13.1 Å². The van der Waals surface area contributed by atoms with Gasteiger partial charge in [-0.2, -0.15) is 0 Å². The zero-order chi connectivity index (χ0) is 16.9. The molecule has 0 fully saturated rings. The van der Waals surface area contributed by atoms with Gasteiger partial charge in [-0.15, -0.1) is 0 Å². The molecule has 0 unspecified atom stereocenters. The van der Waals surface area contributed by atoms with E-state index in [9.17, 15) is 13.2 Å². The van der Waals surface area contributed by atoms with Crippen molar-refractivity contribution in [3.05, 3.63) is 58.8 Å². The van der Waals surface area contributed by atoms with E-state index in [0.717, 1.165) is 10.6 Å². The maximum absolute atomic E-state index is 12.1. The summed E-state index contributed by atoms with van der Waals surface area (Å²) in [6.45, 7) is -0.0541. The van der Waals surface area contributed by atoms with E-state index >= 15 is 0 Å². The zero-order valence-electron chi connectivity index (χ0n) is 12.4. The quantitative estimate of drug-likeness (QED) is 0.807. The number of aromatic nitrogens is 1. The highest BCUT2D eigenvalue weighted by Gasteiger charge is 2.22. The Kier molecular flexibility index (Phi) is 5.73. The Bertz CT molecular complexity index is 782. The Morgan fingerprint density at radius 2 is 1.91 bits per heavy atom. The Labute approximate surface area is 143 Å². The smallest absolute Gasteiger partial charge is 0.241 e. The number of nitrogens with one attached hydrogen (secondary N) is 1. The molecule has 23 heavy (non-hydrogen) atoms. The monoisotopic (exact) mass is 397 g/mol. The van der Waals surface area contributed by atoms with Gasteiger partial charge in [-0.05, 0) is 40.2 Å². The first-order valence-electron chi connectivity index (χ1n) is 6.77. The Morgan fingerprint density at radius 3 is 2.52 bits per heavy atom. The van der Waals surface area contributed by atoms with Gasteiger partial charge in [0, 0.05) is 10.7 Å². The lowest BCUT2D eigenvalue weighted by atomic mass is 10.3. The van der Waals surface area contributed by atoms with Gasteiger partial charge in [0.2, 0.25) is 15.9 Å². The molecule has 122 valence electrons. The largest absolute Gasteiger partial charge is 0.349 e. The van der Waals surface area contributed by atoms with Gasteiger partial charge in [0.15, 0.2) is 0 Å². The summed E-state index contributed by atoms with van der Waals surface area (Å²) in [6, 6.07) is 12.2. The number of nitrogens with zero attached hydrogens (tertiary/aromatic N) is 2. The van der Waals surface area contributed by atoms with Crippen LogP contribution in [-0.4, -0.2) is 32.1 Å². The van der Waals surface area contributed by atoms with Crippen LogP contribution >= 0.6 is 15.9 Å². The topological polar surface area (TPSA) is 79.4 Å². The molecule has 0 aliphatic heterocycles. The minimum Gasteiger partial charge on any atom is -0.349 e. The van der Waals surface area contributed by atoms with Crippen molar-refractivity contribution in [2.45, 2.75) is 6.54 Å². The van der Waals surface area contributed by atoms with E-state index in [2.05, 4.69) is 26.2 Å². The molecule has 1 amide bonds. The van der Waals surface area contributed by atoms with Gasteiger partial charge in [0.05, 0.1) is 24.2 Å². The summed E-state index contributed by atoms with van der Waals surface area (Å²) in [4.78, 5) is 16.2. The van der Waals surface area contributed by atoms with Crippen LogP contribution < -0.4 is 9.62 Å². The van der Waals surface area contributed by atoms with Crippen LogP contribution in [0.3, 0.4) is 0 Å². The second-order valence-corrected chi connectivity index (χ2v) is 7.58. The van der Waals surface area contributed by atoms with Crippen molar-refractivity contribution in [3.8, 4) is 0 Å². The number of halogens is 1. The van der Waals surface area contributed by atoms with E-state index in [1.807, 2.05) is 6.07 Å². The number of carbonyl (C=O) groups is 1. The van der Waals surface area contributed by atoms with Crippen LogP contribution in [0.25, 0.3) is 0 Å². The molecule has 1 aromatic carbocycles. The number of para-hydroxylation sites is 1. The summed E-state index contributed by atoms with van der Waals surface area (Å²) >= 11 is 3.31. The van der Waals surface area contributed by atoms with E-state index in [1.165, 1.54) is 0 Å². The highest BCUT2D eigenvalue weighted by atomic mass is 79.9. The molecule has 1 N–H and O–H groups in total. The van der Waals surface area contributed by atoms with Crippen molar-refractivity contribution in [3.63, 3.8) is 0 Å². The Morgan fingerprint density at radius 1 is 1.22 bits per heavy atom. The first-order chi connectivity index (χ1) is 10.9. The lowest BCUT2D eigenvalue weighted by Gasteiger charge is -2.22. The maximum atomic E-state index is 12.1. The van der Waals surface area contributed by atoms with Crippen LogP contribution in [0.1, 0.15) is 5.69 Å². The first kappa shape index (κ1) is 17.4. The van der Waals surface area contributed by atoms with Crippen molar-refractivity contribution in [1.29, 1.82) is 0 Å². The van der Waals surface area contributed by atoms with Gasteiger partial charge in [0.25, 0.3) is 0 Å². The number of benzene rings is 1. The van der Waals surface area contributed by atoms with Crippen molar-refractivity contribution < 1.29 is 13.2 Å². The molecule has 0 saturated heterocycles. The van der Waals surface area contributed by atoms with Gasteiger partial charge in [0.1, 0.15) is 6.54 Å². The molecule has 0 spiro atoms. The third-order valence-electron chi connectivity index (χ3n) is 3.00. The average Bonchev–Trinajstić information content (AvgIpc) is 2.51. The van der Waals surface area contributed by atoms with Crippen molar-refractivity contribution >= 4 is 37.5 Å². The highest BCUT2D eigenvalue weighted by molar-refractivity contribution is 9.10. The number of carbonyl (C=O) groups excluding carboxylic acids is 1. The van der Waals surface area contributed by atoms with Crippen LogP contribution in [0.5, 0.6) is 0 Å². The number of hydrogen-bond acceptors (Lipinski definition) is 4. The minimum atomic E-state index is -3.59. The van der Waals surface area contributed by atoms with Gasteiger partial charge in [-0.1, -0.05) is 18.2 Å². The molecular formula is C15H16BrN3O3S. The first-order valence-corrected chi connectivity index (χ1v) is 9.41. The summed E-state index contributed by atoms with van der Waals surface area (Å²) < 4.78 is 25.7. The molecule has 1 aromatic heterocycles. The third-order valence-corrected chi connectivity index (χ3v) is 4.80. The second-order valence-electron chi connectivity index (χ2n) is 4.82. The molecular weight excluding hydrogens is 382 g/mol. The normalized spacial score (nSPS) is 11.0. The van der Waals surface area contributed by atoms with Crippen LogP contribution in [0.2, 0.25) is 0 Å². The SMILES string of the molecule is CS(=O)(=O)N(CC(=O)NCc1ccccn1)c1ccccc1Br. The van der Waals surface area contributed by atoms with Crippen LogP contribution in [-0.2, 0) is 21.4 Å². The van der Waals surface area contributed by atoms with E-state index in [0.29, 0.717) is 15.9 Å². The molecule has 1 heterocycles. The van der Waals surface area contributed by atoms with Crippen LogP contribution in [0.15, 0.2) is 53.1 Å². The van der Waals surface area contributed by atoms with Gasteiger partial charge in [-0.25, -0.2) is 8.42 Å². The number of pyridine rings is 1. The third kappa shape index (κ3) is 5.04. The lowest BCUT2D eigenvalue weighted by Crippen LogP contribution is -2.40. The molecule has 0 radical (unpaired) electrons. The molecule has 6 nitrogen and oxygen atoms in total. The number of anilines is 1. The van der Waals surface area contributed by atoms with Gasteiger partial charge >= 0.3 is 0 Å². The minimum absolute atomic E-state index is 0.243. The van der Waals surface area contributed by atoms with E-state index in [4.69, 9.17) is 0 Å². The van der Waals surface area contributed by atoms with Gasteiger partial charge < -0.3 is 5.32 Å². The van der Waals surface area contributed by atoms with Crippen molar-refractivity contribution in [2.75, 3.05) is 17.1 Å². The molecule has 2 rings (SSSR count). The molecule has 0 aliphatic rings. The fourth-order valence-corrected chi connectivity index (χ4v) is 3.40. The zero-order valence-corrected chi connectivity index (χ0v) is 14.8. The summed E-state index contributed by atoms with van der Waals surface area (Å²) in [5, 5.41) is 2.67. The summed E-state index contributed by atoms with van der Waals surface area (Å²) in [5.41, 5.74) is 1.12. The van der Waals surface area contributed by atoms with E-state index in [1.54, 1.807) is 42.6 Å². The predicted octanol–water partition coefficient (Wildman–Crippen LogP) is 1.93. The predicted molar refractivity (Wildman–Crippen MR) is 92.4 cm³/mol. The second kappa shape index (κ2) is 7.56.